The maximum absolute atomic E-state index is 12.7. The Balaban J connectivity index is 1.52. The van der Waals surface area contributed by atoms with Crippen LogP contribution < -0.4 is 0 Å². The number of likely N-dealkylation sites (tertiary alicyclic amines) is 1. The number of nitrogens with zero attached hydrogens (tertiary/aromatic N) is 3. The molecule has 2 aliphatic rings. The number of carbonyl (C=O) groups excluding carboxylic acids is 2. The van der Waals surface area contributed by atoms with Gasteiger partial charge in [0.1, 0.15) is 12.0 Å². The zero-order valence-corrected chi connectivity index (χ0v) is 13.9. The largest absolute Gasteiger partial charge is 0.364 e. The molecule has 1 unspecified atom stereocenters. The lowest BCUT2D eigenvalue weighted by atomic mass is 9.83. The minimum Gasteiger partial charge on any atom is -0.364 e. The summed E-state index contributed by atoms with van der Waals surface area (Å²) >= 11 is 0. The molecule has 1 saturated heterocycles. The smallest absolute Gasteiger partial charge is 0.226 e. The molecule has 6 nitrogen and oxygen atoms in total. The SMILES string of the molecule is CC(c1ccon1)N(C)C(=O)C1CCN(C(=O)C2CCC2)CC1. The topological polar surface area (TPSA) is 66.7 Å². The Morgan fingerprint density at radius 3 is 2.48 bits per heavy atom. The number of rotatable bonds is 4. The molecule has 0 aromatic carbocycles. The summed E-state index contributed by atoms with van der Waals surface area (Å²) in [5, 5.41) is 3.91. The van der Waals surface area contributed by atoms with Crippen molar-refractivity contribution in [3.63, 3.8) is 0 Å². The van der Waals surface area contributed by atoms with Crippen LogP contribution in [0.25, 0.3) is 0 Å². The van der Waals surface area contributed by atoms with Crippen LogP contribution in [-0.4, -0.2) is 46.9 Å². The predicted molar refractivity (Wildman–Crippen MR) is 84.3 cm³/mol. The molecule has 0 radical (unpaired) electrons. The van der Waals surface area contributed by atoms with Crippen LogP contribution in [0.5, 0.6) is 0 Å². The maximum atomic E-state index is 12.7. The minimum absolute atomic E-state index is 0.000193. The Hall–Kier alpha value is -1.85. The average Bonchev–Trinajstić information content (AvgIpc) is 3.05. The van der Waals surface area contributed by atoms with Gasteiger partial charge in [-0.1, -0.05) is 11.6 Å². The molecule has 2 amide bonds. The predicted octanol–water partition coefficient (Wildman–Crippen LogP) is 2.23. The van der Waals surface area contributed by atoms with Gasteiger partial charge in [0.2, 0.25) is 11.8 Å². The highest BCUT2D eigenvalue weighted by atomic mass is 16.5. The van der Waals surface area contributed by atoms with Crippen LogP contribution in [0.4, 0.5) is 0 Å². The van der Waals surface area contributed by atoms with E-state index >= 15 is 0 Å². The number of hydrogen-bond acceptors (Lipinski definition) is 4. The lowest BCUT2D eigenvalue weighted by Crippen LogP contribution is -2.46. The van der Waals surface area contributed by atoms with Crippen molar-refractivity contribution in [1.29, 1.82) is 0 Å². The number of aromatic nitrogens is 1. The van der Waals surface area contributed by atoms with Crippen LogP contribution in [0.3, 0.4) is 0 Å². The molecule has 1 aromatic heterocycles. The summed E-state index contributed by atoms with van der Waals surface area (Å²) < 4.78 is 4.86. The summed E-state index contributed by atoms with van der Waals surface area (Å²) in [6.07, 6.45) is 6.29. The highest BCUT2D eigenvalue weighted by Crippen LogP contribution is 2.30. The van der Waals surface area contributed by atoms with Gasteiger partial charge in [0, 0.05) is 38.0 Å². The molecule has 23 heavy (non-hydrogen) atoms. The van der Waals surface area contributed by atoms with Crippen molar-refractivity contribution in [2.24, 2.45) is 11.8 Å². The van der Waals surface area contributed by atoms with Crippen molar-refractivity contribution in [2.45, 2.75) is 45.1 Å². The third-order valence-corrected chi connectivity index (χ3v) is 5.42. The summed E-state index contributed by atoms with van der Waals surface area (Å²) in [5.41, 5.74) is 0.762. The number of hydrogen-bond donors (Lipinski definition) is 0. The molecular weight excluding hydrogens is 294 g/mol. The van der Waals surface area contributed by atoms with Crippen molar-refractivity contribution in [3.8, 4) is 0 Å². The van der Waals surface area contributed by atoms with E-state index in [2.05, 4.69) is 5.16 Å². The lowest BCUT2D eigenvalue weighted by molar-refractivity contribution is -0.144. The zero-order chi connectivity index (χ0) is 16.4. The highest BCUT2D eigenvalue weighted by molar-refractivity contribution is 5.81. The minimum atomic E-state index is -0.101. The Bertz CT molecular complexity index is 545. The third-order valence-electron chi connectivity index (χ3n) is 5.42. The summed E-state index contributed by atoms with van der Waals surface area (Å²) in [4.78, 5) is 28.6. The Morgan fingerprint density at radius 2 is 1.96 bits per heavy atom. The van der Waals surface area contributed by atoms with Crippen molar-refractivity contribution in [2.75, 3.05) is 20.1 Å². The average molecular weight is 319 g/mol. The first-order chi connectivity index (χ1) is 11.1. The Labute approximate surface area is 136 Å². The number of amides is 2. The second-order valence-electron chi connectivity index (χ2n) is 6.78. The lowest BCUT2D eigenvalue weighted by Gasteiger charge is -2.37. The molecule has 0 spiro atoms. The fourth-order valence-electron chi connectivity index (χ4n) is 3.37. The fraction of sp³-hybridized carbons (Fsp3) is 0.706. The van der Waals surface area contributed by atoms with Gasteiger partial charge in [0.25, 0.3) is 0 Å². The quantitative estimate of drug-likeness (QED) is 0.853. The molecule has 126 valence electrons. The van der Waals surface area contributed by atoms with Gasteiger partial charge in [-0.3, -0.25) is 9.59 Å². The molecule has 1 aromatic rings. The van der Waals surface area contributed by atoms with Gasteiger partial charge in [-0.15, -0.1) is 0 Å². The molecule has 1 aliphatic heterocycles. The summed E-state index contributed by atoms with van der Waals surface area (Å²) in [6.45, 7) is 3.36. The monoisotopic (exact) mass is 319 g/mol. The zero-order valence-electron chi connectivity index (χ0n) is 13.9. The van der Waals surface area contributed by atoms with E-state index in [1.807, 2.05) is 18.9 Å². The van der Waals surface area contributed by atoms with Crippen LogP contribution in [0.1, 0.15) is 50.8 Å². The second-order valence-corrected chi connectivity index (χ2v) is 6.78. The van der Waals surface area contributed by atoms with Gasteiger partial charge < -0.3 is 14.3 Å². The van der Waals surface area contributed by atoms with E-state index in [1.54, 1.807) is 11.0 Å². The van der Waals surface area contributed by atoms with Crippen molar-refractivity contribution in [3.05, 3.63) is 18.0 Å². The molecule has 3 rings (SSSR count). The molecule has 6 heteroatoms. The van der Waals surface area contributed by atoms with Gasteiger partial charge in [-0.05, 0) is 32.6 Å². The molecule has 1 saturated carbocycles. The van der Waals surface area contributed by atoms with Crippen molar-refractivity contribution in [1.82, 2.24) is 15.0 Å². The van der Waals surface area contributed by atoms with E-state index in [-0.39, 0.29) is 23.8 Å². The van der Waals surface area contributed by atoms with Crippen LogP contribution >= 0.6 is 0 Å². The number of carbonyl (C=O) groups is 2. The van der Waals surface area contributed by atoms with Gasteiger partial charge in [-0.25, -0.2) is 0 Å². The first-order valence-electron chi connectivity index (χ1n) is 8.53. The first kappa shape index (κ1) is 16.0. The van der Waals surface area contributed by atoms with Crippen LogP contribution in [0, 0.1) is 11.8 Å². The van der Waals surface area contributed by atoms with Gasteiger partial charge in [0.15, 0.2) is 0 Å². The van der Waals surface area contributed by atoms with Crippen LogP contribution in [0.15, 0.2) is 16.9 Å². The van der Waals surface area contributed by atoms with E-state index in [0.29, 0.717) is 19.0 Å². The summed E-state index contributed by atoms with van der Waals surface area (Å²) in [7, 11) is 1.81. The first-order valence-corrected chi connectivity index (χ1v) is 8.53. The van der Waals surface area contributed by atoms with Gasteiger partial charge in [-0.2, -0.15) is 0 Å². The van der Waals surface area contributed by atoms with E-state index in [9.17, 15) is 9.59 Å². The number of piperidine rings is 1. The van der Waals surface area contributed by atoms with Crippen molar-refractivity contribution >= 4 is 11.8 Å². The molecule has 1 atom stereocenters. The van der Waals surface area contributed by atoms with E-state index in [0.717, 1.165) is 31.4 Å². The summed E-state index contributed by atoms with van der Waals surface area (Å²) in [6, 6.07) is 1.69. The fourth-order valence-corrected chi connectivity index (χ4v) is 3.37. The molecule has 0 N–H and O–H groups in total. The highest BCUT2D eigenvalue weighted by Gasteiger charge is 2.34. The maximum Gasteiger partial charge on any atom is 0.226 e. The Morgan fingerprint density at radius 1 is 1.26 bits per heavy atom. The Kier molecular flexibility index (Phi) is 4.68. The molecular formula is C17H25N3O3. The normalized spacial score (nSPS) is 20.9. The molecule has 2 heterocycles. The van der Waals surface area contributed by atoms with Crippen molar-refractivity contribution < 1.29 is 14.1 Å². The third kappa shape index (κ3) is 3.26. The van der Waals surface area contributed by atoms with Crippen LogP contribution in [-0.2, 0) is 9.59 Å². The standard InChI is InChI=1S/C17H25N3O3/c1-12(15-8-11-23-18-15)19(2)16(21)14-6-9-20(10-7-14)17(22)13-4-3-5-13/h8,11-14H,3-7,9-10H2,1-2H3. The van der Waals surface area contributed by atoms with Crippen LogP contribution in [0.2, 0.25) is 0 Å². The van der Waals surface area contributed by atoms with E-state index in [1.165, 1.54) is 12.7 Å². The molecule has 0 bridgehead atoms. The van der Waals surface area contributed by atoms with E-state index < -0.39 is 0 Å². The summed E-state index contributed by atoms with van der Waals surface area (Å²) in [5.74, 6) is 0.680. The van der Waals surface area contributed by atoms with Gasteiger partial charge >= 0.3 is 0 Å². The van der Waals surface area contributed by atoms with Gasteiger partial charge in [0.05, 0.1) is 6.04 Å². The van der Waals surface area contributed by atoms with E-state index in [4.69, 9.17) is 4.52 Å². The second kappa shape index (κ2) is 6.72. The molecule has 2 fully saturated rings. The molecule has 1 aliphatic carbocycles.